The molecule has 0 aliphatic heterocycles. The van der Waals surface area contributed by atoms with Crippen LogP contribution >= 0.6 is 11.6 Å². The molecule has 206 valence electrons. The molecule has 0 radical (unpaired) electrons. The van der Waals surface area contributed by atoms with Crippen LogP contribution < -0.4 is 0 Å². The van der Waals surface area contributed by atoms with Crippen molar-refractivity contribution in [2.24, 2.45) is 0 Å². The van der Waals surface area contributed by atoms with Gasteiger partial charge in [-0.05, 0) is 111 Å². The quantitative estimate of drug-likeness (QED) is 0.185. The van der Waals surface area contributed by atoms with Crippen molar-refractivity contribution in [3.8, 4) is 55.9 Å². The van der Waals surface area contributed by atoms with Crippen LogP contribution in [0.3, 0.4) is 0 Å². The van der Waals surface area contributed by atoms with Gasteiger partial charge in [0.05, 0.1) is 11.4 Å². The molecule has 1 aromatic heterocycles. The highest BCUT2D eigenvalue weighted by Crippen LogP contribution is 2.36. The molecule has 0 spiro atoms. The molecule has 0 unspecified atom stereocenters. The minimum atomic E-state index is 0.227. The van der Waals surface area contributed by atoms with Crippen LogP contribution in [0.1, 0.15) is 18.4 Å². The molecule has 2 nitrogen and oxygen atoms in total. The molecule has 0 saturated carbocycles. The molecule has 0 fully saturated rings. The van der Waals surface area contributed by atoms with Crippen LogP contribution in [0.25, 0.3) is 61.5 Å². The summed E-state index contributed by atoms with van der Waals surface area (Å²) in [5.41, 5.74) is 13.0. The Labute approximate surface area is 257 Å². The molecule has 43 heavy (non-hydrogen) atoms. The molecule has 0 N–H and O–H groups in total. The van der Waals surface area contributed by atoms with Gasteiger partial charge in [-0.25, -0.2) is 9.97 Å². The van der Waals surface area contributed by atoms with Crippen molar-refractivity contribution in [1.82, 2.24) is 9.97 Å². The zero-order valence-electron chi connectivity index (χ0n) is 23.6. The Bertz CT molecular complexity index is 1900. The van der Waals surface area contributed by atoms with Gasteiger partial charge in [-0.15, -0.1) is 0 Å². The lowest BCUT2D eigenvalue weighted by atomic mass is 9.91. The number of nitrogens with zero attached hydrogens (tertiary/aromatic N) is 2. The van der Waals surface area contributed by atoms with E-state index in [1.54, 1.807) is 0 Å². The smallest absolute Gasteiger partial charge is 0.218 e. The van der Waals surface area contributed by atoms with Gasteiger partial charge in [0.15, 0.2) is 0 Å². The fraction of sp³-hybridized carbons (Fsp3) is 0.0500. The third kappa shape index (κ3) is 5.97. The van der Waals surface area contributed by atoms with E-state index in [9.17, 15) is 0 Å². The van der Waals surface area contributed by atoms with Crippen molar-refractivity contribution < 1.29 is 0 Å². The van der Waals surface area contributed by atoms with Gasteiger partial charge >= 0.3 is 0 Å². The van der Waals surface area contributed by atoms with Crippen LogP contribution in [-0.2, 0) is 0 Å². The Morgan fingerprint density at radius 3 is 1.30 bits per heavy atom. The third-order valence-corrected chi connectivity index (χ3v) is 8.03. The molecule has 0 bridgehead atoms. The minimum absolute atomic E-state index is 0.227. The fourth-order valence-corrected chi connectivity index (χ4v) is 5.87. The number of rotatable bonds is 6. The van der Waals surface area contributed by atoms with Gasteiger partial charge in [0, 0.05) is 11.1 Å². The molecule has 0 saturated heterocycles. The number of allylic oxidation sites excluding steroid dienone is 4. The first-order valence-electron chi connectivity index (χ1n) is 14.6. The summed E-state index contributed by atoms with van der Waals surface area (Å²) in [7, 11) is 0. The Kier molecular flexibility index (Phi) is 7.52. The summed E-state index contributed by atoms with van der Waals surface area (Å²) >= 11 is 6.67. The SMILES string of the molecule is Clc1nc(-c2cc(C3=CC=CCC3)cc(-c3ccccc3)c2)cc(-c2cc(-c3ccccc3)cc(-c3ccccc3)c2)n1. The second-order valence-corrected chi connectivity index (χ2v) is 11.1. The summed E-state index contributed by atoms with van der Waals surface area (Å²) in [5, 5.41) is 0.227. The van der Waals surface area contributed by atoms with Gasteiger partial charge in [-0.2, -0.15) is 0 Å². The van der Waals surface area contributed by atoms with E-state index in [0.29, 0.717) is 0 Å². The summed E-state index contributed by atoms with van der Waals surface area (Å²) in [6.45, 7) is 0. The summed E-state index contributed by atoms with van der Waals surface area (Å²) < 4.78 is 0. The summed E-state index contributed by atoms with van der Waals surface area (Å²) in [5.74, 6) is 0. The van der Waals surface area contributed by atoms with Crippen molar-refractivity contribution in [1.29, 1.82) is 0 Å². The zero-order valence-corrected chi connectivity index (χ0v) is 24.4. The molecule has 1 aliphatic rings. The number of benzene rings is 5. The highest BCUT2D eigenvalue weighted by Gasteiger charge is 2.15. The van der Waals surface area contributed by atoms with Crippen LogP contribution in [0.15, 0.2) is 152 Å². The monoisotopic (exact) mass is 572 g/mol. The molecule has 1 aliphatic carbocycles. The van der Waals surface area contributed by atoms with Crippen LogP contribution in [0.2, 0.25) is 5.28 Å². The Morgan fingerprint density at radius 2 is 0.860 bits per heavy atom. The molecule has 7 rings (SSSR count). The number of halogens is 1. The van der Waals surface area contributed by atoms with E-state index in [1.807, 2.05) is 18.2 Å². The van der Waals surface area contributed by atoms with Crippen LogP contribution in [0, 0.1) is 0 Å². The van der Waals surface area contributed by atoms with Gasteiger partial charge in [-0.1, -0.05) is 109 Å². The van der Waals surface area contributed by atoms with E-state index < -0.39 is 0 Å². The van der Waals surface area contributed by atoms with E-state index in [2.05, 4.69) is 133 Å². The van der Waals surface area contributed by atoms with Crippen molar-refractivity contribution in [2.45, 2.75) is 12.8 Å². The summed E-state index contributed by atoms with van der Waals surface area (Å²) in [6, 6.07) is 46.8. The van der Waals surface area contributed by atoms with Gasteiger partial charge < -0.3 is 0 Å². The molecule has 3 heteroatoms. The first kappa shape index (κ1) is 26.8. The summed E-state index contributed by atoms with van der Waals surface area (Å²) in [4.78, 5) is 9.46. The lowest BCUT2D eigenvalue weighted by Gasteiger charge is -2.15. The maximum Gasteiger partial charge on any atom is 0.223 e. The third-order valence-electron chi connectivity index (χ3n) is 7.86. The maximum atomic E-state index is 6.67. The second kappa shape index (κ2) is 12.1. The van der Waals surface area contributed by atoms with E-state index in [-0.39, 0.29) is 5.28 Å². The highest BCUT2D eigenvalue weighted by molar-refractivity contribution is 6.28. The molecule has 0 amide bonds. The minimum Gasteiger partial charge on any atom is -0.218 e. The largest absolute Gasteiger partial charge is 0.223 e. The van der Waals surface area contributed by atoms with Gasteiger partial charge in [-0.3, -0.25) is 0 Å². The zero-order chi connectivity index (χ0) is 29.0. The fourth-order valence-electron chi connectivity index (χ4n) is 5.68. The van der Waals surface area contributed by atoms with Gasteiger partial charge in [0.25, 0.3) is 0 Å². The highest BCUT2D eigenvalue weighted by atomic mass is 35.5. The second-order valence-electron chi connectivity index (χ2n) is 10.8. The first-order chi connectivity index (χ1) is 21.2. The molecular weight excluding hydrogens is 544 g/mol. The average molecular weight is 573 g/mol. The number of hydrogen-bond donors (Lipinski definition) is 0. The molecule has 5 aromatic carbocycles. The molecular formula is C40H29ClN2. The average Bonchev–Trinajstić information content (AvgIpc) is 3.09. The Hall–Kier alpha value is -5.05. The van der Waals surface area contributed by atoms with Gasteiger partial charge in [0.1, 0.15) is 0 Å². The molecule has 1 heterocycles. The lowest BCUT2D eigenvalue weighted by Crippen LogP contribution is -1.95. The van der Waals surface area contributed by atoms with Crippen molar-refractivity contribution in [2.75, 3.05) is 0 Å². The van der Waals surface area contributed by atoms with Crippen LogP contribution in [-0.4, -0.2) is 9.97 Å². The number of aromatic nitrogens is 2. The van der Waals surface area contributed by atoms with E-state index in [1.165, 1.54) is 16.7 Å². The van der Waals surface area contributed by atoms with Crippen LogP contribution in [0.5, 0.6) is 0 Å². The Morgan fingerprint density at radius 1 is 0.442 bits per heavy atom. The van der Waals surface area contributed by atoms with Gasteiger partial charge in [0.2, 0.25) is 5.28 Å². The van der Waals surface area contributed by atoms with Crippen molar-refractivity contribution in [3.05, 3.63) is 163 Å². The van der Waals surface area contributed by atoms with E-state index in [0.717, 1.165) is 63.2 Å². The number of hydrogen-bond acceptors (Lipinski definition) is 2. The predicted octanol–water partition coefficient (Wildman–Crippen LogP) is 11.2. The molecule has 0 atom stereocenters. The van der Waals surface area contributed by atoms with E-state index in [4.69, 9.17) is 21.6 Å². The predicted molar refractivity (Wildman–Crippen MR) is 181 cm³/mol. The lowest BCUT2D eigenvalue weighted by molar-refractivity contribution is 1.05. The van der Waals surface area contributed by atoms with Crippen LogP contribution in [0.4, 0.5) is 0 Å². The molecule has 6 aromatic rings. The van der Waals surface area contributed by atoms with E-state index >= 15 is 0 Å². The summed E-state index contributed by atoms with van der Waals surface area (Å²) in [6.07, 6.45) is 8.64. The Balaban J connectivity index is 1.39. The topological polar surface area (TPSA) is 25.8 Å². The standard InChI is InChI=1S/C40H29ClN2/c41-40-42-38(36-23-32(28-13-5-1-6-14-28)21-33(24-36)29-15-7-2-8-16-29)27-39(43-40)37-25-34(30-17-9-3-10-18-30)22-35(26-37)31-19-11-4-12-20-31/h1-11,13-19,21-27H,12,20H2. The first-order valence-corrected chi connectivity index (χ1v) is 15.0. The van der Waals surface area contributed by atoms with Crippen molar-refractivity contribution in [3.63, 3.8) is 0 Å². The van der Waals surface area contributed by atoms with Crippen molar-refractivity contribution >= 4 is 17.2 Å². The normalized spacial score (nSPS) is 12.6. The maximum absolute atomic E-state index is 6.67.